The third kappa shape index (κ3) is 3.55. The van der Waals surface area contributed by atoms with Gasteiger partial charge in [0.15, 0.2) is 0 Å². The van der Waals surface area contributed by atoms with Crippen LogP contribution in [0.5, 0.6) is 0 Å². The molecule has 0 radical (unpaired) electrons. The van der Waals surface area contributed by atoms with Crippen molar-refractivity contribution in [1.82, 2.24) is 4.90 Å². The second-order valence-electron chi connectivity index (χ2n) is 4.95. The summed E-state index contributed by atoms with van der Waals surface area (Å²) in [7, 11) is 0. The third-order valence-electron chi connectivity index (χ3n) is 3.37. The van der Waals surface area contributed by atoms with Gasteiger partial charge in [0.1, 0.15) is 6.04 Å². The van der Waals surface area contributed by atoms with E-state index in [9.17, 15) is 4.79 Å². The van der Waals surface area contributed by atoms with E-state index in [1.165, 1.54) is 31.5 Å². The van der Waals surface area contributed by atoms with Gasteiger partial charge in [-0.1, -0.05) is 24.3 Å². The fourth-order valence-corrected chi connectivity index (χ4v) is 2.40. The number of likely N-dealkylation sites (tertiary alicyclic amines) is 1. The SMILES string of the molecule is NC(Cc1cccc(CN2CCCC2)c1)C(=O)O. The minimum atomic E-state index is -0.944. The van der Waals surface area contributed by atoms with Crippen LogP contribution in [0.4, 0.5) is 0 Å². The molecule has 98 valence electrons. The first-order valence-corrected chi connectivity index (χ1v) is 6.44. The largest absolute Gasteiger partial charge is 0.480 e. The van der Waals surface area contributed by atoms with Gasteiger partial charge in [-0.15, -0.1) is 0 Å². The van der Waals surface area contributed by atoms with E-state index in [1.807, 2.05) is 12.1 Å². The van der Waals surface area contributed by atoms with E-state index in [1.54, 1.807) is 0 Å². The lowest BCUT2D eigenvalue weighted by molar-refractivity contribution is -0.138. The van der Waals surface area contributed by atoms with Crippen LogP contribution in [0.3, 0.4) is 0 Å². The van der Waals surface area contributed by atoms with Crippen molar-refractivity contribution in [2.24, 2.45) is 5.73 Å². The van der Waals surface area contributed by atoms with Crippen LogP contribution < -0.4 is 5.73 Å². The molecular weight excluding hydrogens is 228 g/mol. The number of hydrogen-bond donors (Lipinski definition) is 2. The molecule has 1 aromatic carbocycles. The standard InChI is InChI=1S/C14H20N2O2/c15-13(14(17)18)9-11-4-3-5-12(8-11)10-16-6-1-2-7-16/h3-5,8,13H,1-2,6-7,9-10,15H2,(H,17,18). The molecule has 1 aromatic rings. The summed E-state index contributed by atoms with van der Waals surface area (Å²) < 4.78 is 0. The number of carboxylic acid groups (broad SMARTS) is 1. The second kappa shape index (κ2) is 5.98. The number of carbonyl (C=O) groups is 1. The summed E-state index contributed by atoms with van der Waals surface area (Å²) in [4.78, 5) is 13.2. The molecule has 0 amide bonds. The lowest BCUT2D eigenvalue weighted by Gasteiger charge is -2.15. The van der Waals surface area contributed by atoms with Crippen molar-refractivity contribution in [3.8, 4) is 0 Å². The molecule has 1 unspecified atom stereocenters. The smallest absolute Gasteiger partial charge is 0.320 e. The first-order chi connectivity index (χ1) is 8.65. The van der Waals surface area contributed by atoms with Gasteiger partial charge in [0.05, 0.1) is 0 Å². The maximum Gasteiger partial charge on any atom is 0.320 e. The van der Waals surface area contributed by atoms with Crippen LogP contribution in [-0.2, 0) is 17.8 Å². The molecule has 4 nitrogen and oxygen atoms in total. The first kappa shape index (κ1) is 13.1. The van der Waals surface area contributed by atoms with Gasteiger partial charge in [-0.2, -0.15) is 0 Å². The van der Waals surface area contributed by atoms with Gasteiger partial charge in [-0.3, -0.25) is 9.69 Å². The first-order valence-electron chi connectivity index (χ1n) is 6.44. The Labute approximate surface area is 107 Å². The summed E-state index contributed by atoms with van der Waals surface area (Å²) >= 11 is 0. The van der Waals surface area contributed by atoms with Gasteiger partial charge in [-0.25, -0.2) is 0 Å². The average Bonchev–Trinajstić information content (AvgIpc) is 2.82. The monoisotopic (exact) mass is 248 g/mol. The summed E-state index contributed by atoms with van der Waals surface area (Å²) in [6.45, 7) is 3.29. The van der Waals surface area contributed by atoms with Crippen molar-refractivity contribution in [3.63, 3.8) is 0 Å². The Morgan fingerprint density at radius 1 is 1.33 bits per heavy atom. The van der Waals surface area contributed by atoms with Crippen molar-refractivity contribution in [3.05, 3.63) is 35.4 Å². The van der Waals surface area contributed by atoms with Gasteiger partial charge in [0.25, 0.3) is 0 Å². The van der Waals surface area contributed by atoms with Crippen molar-refractivity contribution in [2.75, 3.05) is 13.1 Å². The van der Waals surface area contributed by atoms with E-state index >= 15 is 0 Å². The van der Waals surface area contributed by atoms with E-state index in [4.69, 9.17) is 10.8 Å². The van der Waals surface area contributed by atoms with Crippen molar-refractivity contribution in [1.29, 1.82) is 0 Å². The zero-order valence-corrected chi connectivity index (χ0v) is 10.5. The van der Waals surface area contributed by atoms with Crippen LogP contribution in [0.1, 0.15) is 24.0 Å². The Morgan fingerprint density at radius 2 is 2.00 bits per heavy atom. The predicted octanol–water partition coefficient (Wildman–Crippen LogP) is 1.24. The molecule has 4 heteroatoms. The number of hydrogen-bond acceptors (Lipinski definition) is 3. The lowest BCUT2D eigenvalue weighted by Crippen LogP contribution is -2.32. The summed E-state index contributed by atoms with van der Waals surface area (Å²) in [5.41, 5.74) is 7.80. The number of aliphatic carboxylic acids is 1. The van der Waals surface area contributed by atoms with Crippen LogP contribution in [0.2, 0.25) is 0 Å². The summed E-state index contributed by atoms with van der Waals surface area (Å²) in [6.07, 6.45) is 2.95. The quantitative estimate of drug-likeness (QED) is 0.822. The average molecular weight is 248 g/mol. The lowest BCUT2D eigenvalue weighted by atomic mass is 10.0. The van der Waals surface area contributed by atoms with Gasteiger partial charge >= 0.3 is 5.97 Å². The third-order valence-corrected chi connectivity index (χ3v) is 3.37. The highest BCUT2D eigenvalue weighted by Crippen LogP contribution is 2.14. The molecule has 0 aliphatic carbocycles. The normalized spacial score (nSPS) is 17.8. The number of rotatable bonds is 5. The molecule has 3 N–H and O–H groups in total. The maximum atomic E-state index is 10.7. The zero-order chi connectivity index (χ0) is 13.0. The fourth-order valence-electron chi connectivity index (χ4n) is 2.40. The Morgan fingerprint density at radius 3 is 2.67 bits per heavy atom. The number of carboxylic acids is 1. The molecular formula is C14H20N2O2. The Hall–Kier alpha value is -1.39. The molecule has 0 bridgehead atoms. The van der Waals surface area contributed by atoms with Crippen LogP contribution in [0.15, 0.2) is 24.3 Å². The molecule has 0 aromatic heterocycles. The highest BCUT2D eigenvalue weighted by Gasteiger charge is 2.14. The van der Waals surface area contributed by atoms with E-state index in [2.05, 4.69) is 17.0 Å². The summed E-state index contributed by atoms with van der Waals surface area (Å²) in [5.74, 6) is -0.944. The van der Waals surface area contributed by atoms with E-state index in [0.29, 0.717) is 6.42 Å². The highest BCUT2D eigenvalue weighted by molar-refractivity contribution is 5.73. The van der Waals surface area contributed by atoms with Gasteiger partial charge in [0, 0.05) is 6.54 Å². The molecule has 1 aliphatic heterocycles. The topological polar surface area (TPSA) is 66.6 Å². The Kier molecular flexibility index (Phi) is 4.33. The maximum absolute atomic E-state index is 10.7. The fraction of sp³-hybridized carbons (Fsp3) is 0.500. The molecule has 18 heavy (non-hydrogen) atoms. The Balaban J connectivity index is 1.98. The predicted molar refractivity (Wildman–Crippen MR) is 70.3 cm³/mol. The molecule has 1 saturated heterocycles. The second-order valence-corrected chi connectivity index (χ2v) is 4.95. The molecule has 1 aliphatic rings. The molecule has 1 fully saturated rings. The van der Waals surface area contributed by atoms with E-state index < -0.39 is 12.0 Å². The molecule has 1 atom stereocenters. The Bertz CT molecular complexity index is 414. The van der Waals surface area contributed by atoms with Crippen molar-refractivity contribution >= 4 is 5.97 Å². The van der Waals surface area contributed by atoms with Crippen molar-refractivity contribution in [2.45, 2.75) is 31.8 Å². The van der Waals surface area contributed by atoms with Gasteiger partial charge < -0.3 is 10.8 Å². The van der Waals surface area contributed by atoms with Crippen molar-refractivity contribution < 1.29 is 9.90 Å². The van der Waals surface area contributed by atoms with E-state index in [0.717, 1.165) is 12.1 Å². The molecule has 1 heterocycles. The van der Waals surface area contributed by atoms with Gasteiger partial charge in [0.2, 0.25) is 0 Å². The van der Waals surface area contributed by atoms with E-state index in [-0.39, 0.29) is 0 Å². The number of nitrogens with zero attached hydrogens (tertiary/aromatic N) is 1. The minimum Gasteiger partial charge on any atom is -0.480 e. The minimum absolute atomic E-state index is 0.392. The molecule has 0 spiro atoms. The number of benzene rings is 1. The van der Waals surface area contributed by atoms with Crippen LogP contribution in [0, 0.1) is 0 Å². The molecule has 2 rings (SSSR count). The van der Waals surface area contributed by atoms with Crippen LogP contribution >= 0.6 is 0 Å². The van der Waals surface area contributed by atoms with Gasteiger partial charge in [-0.05, 0) is 43.5 Å². The highest BCUT2D eigenvalue weighted by atomic mass is 16.4. The number of nitrogens with two attached hydrogens (primary N) is 1. The zero-order valence-electron chi connectivity index (χ0n) is 10.5. The van der Waals surface area contributed by atoms with Crippen LogP contribution in [0.25, 0.3) is 0 Å². The summed E-state index contributed by atoms with van der Waals surface area (Å²) in [6, 6.07) is 7.27. The van der Waals surface area contributed by atoms with Crippen LogP contribution in [-0.4, -0.2) is 35.1 Å². The summed E-state index contributed by atoms with van der Waals surface area (Å²) in [5, 5.41) is 8.81. The molecule has 0 saturated carbocycles.